The zero-order valence-electron chi connectivity index (χ0n) is 17.5. The Morgan fingerprint density at radius 2 is 1.93 bits per heavy atom. The van der Waals surface area contributed by atoms with Gasteiger partial charge in [0.25, 0.3) is 0 Å². The standard InChI is InChI=1S/C23H25N5O2/c1-4-8-28-9-7-16-18(11-24)22(27)23(13-25,14-26)21(19(16)12-28)17-10-15(29-2)5-6-20(17)30-3/h5-7,10,18-19,21,27H,4,8-9,12H2,1-3H3/p+1/t18?,19-,21-/m0/s1. The normalized spacial score (nSPS) is 26.9. The average molecular weight is 404 g/mol. The zero-order chi connectivity index (χ0) is 21.9. The van der Waals surface area contributed by atoms with E-state index in [-0.39, 0.29) is 11.6 Å². The largest absolute Gasteiger partial charge is 0.497 e. The molecule has 0 saturated heterocycles. The number of nitrogens with zero attached hydrogens (tertiary/aromatic N) is 3. The molecule has 4 atom stereocenters. The molecule has 1 saturated carbocycles. The van der Waals surface area contributed by atoms with Crippen LogP contribution in [0.4, 0.5) is 0 Å². The van der Waals surface area contributed by atoms with E-state index in [1.807, 2.05) is 6.08 Å². The fourth-order valence-electron chi connectivity index (χ4n) is 4.95. The molecule has 7 heteroatoms. The highest BCUT2D eigenvalue weighted by Crippen LogP contribution is 2.54. The third kappa shape index (κ3) is 3.20. The van der Waals surface area contributed by atoms with Crippen LogP contribution in [0.3, 0.4) is 0 Å². The van der Waals surface area contributed by atoms with Crippen LogP contribution in [-0.4, -0.2) is 39.6 Å². The van der Waals surface area contributed by atoms with Gasteiger partial charge in [-0.2, -0.15) is 15.8 Å². The third-order valence-corrected chi connectivity index (χ3v) is 6.34. The topological polar surface area (TPSA) is 118 Å². The summed E-state index contributed by atoms with van der Waals surface area (Å²) in [7, 11) is 3.10. The molecule has 2 unspecified atom stereocenters. The van der Waals surface area contributed by atoms with E-state index < -0.39 is 17.3 Å². The van der Waals surface area contributed by atoms with Gasteiger partial charge in [0.15, 0.2) is 5.41 Å². The highest BCUT2D eigenvalue weighted by Gasteiger charge is 2.59. The molecule has 1 aromatic carbocycles. The van der Waals surface area contributed by atoms with Crippen molar-refractivity contribution in [1.82, 2.24) is 0 Å². The van der Waals surface area contributed by atoms with E-state index in [2.05, 4.69) is 25.1 Å². The lowest BCUT2D eigenvalue weighted by Crippen LogP contribution is -3.13. The summed E-state index contributed by atoms with van der Waals surface area (Å²) in [5.41, 5.74) is -0.393. The molecule has 2 aliphatic rings. The van der Waals surface area contributed by atoms with Crippen LogP contribution < -0.4 is 14.4 Å². The Labute approximate surface area is 177 Å². The fourth-order valence-corrected chi connectivity index (χ4v) is 4.95. The maximum Gasteiger partial charge on any atom is 0.190 e. The van der Waals surface area contributed by atoms with Crippen molar-refractivity contribution in [2.24, 2.45) is 17.3 Å². The first-order chi connectivity index (χ1) is 14.5. The molecule has 0 radical (unpaired) electrons. The van der Waals surface area contributed by atoms with Gasteiger partial charge in [-0.25, -0.2) is 0 Å². The average Bonchev–Trinajstić information content (AvgIpc) is 2.78. The van der Waals surface area contributed by atoms with Gasteiger partial charge in [0.2, 0.25) is 0 Å². The minimum Gasteiger partial charge on any atom is -0.497 e. The van der Waals surface area contributed by atoms with E-state index in [1.165, 1.54) is 4.90 Å². The van der Waals surface area contributed by atoms with Crippen LogP contribution in [-0.2, 0) is 0 Å². The van der Waals surface area contributed by atoms with Gasteiger partial charge in [0.1, 0.15) is 17.4 Å². The van der Waals surface area contributed by atoms with Crippen LogP contribution >= 0.6 is 0 Å². The molecule has 30 heavy (non-hydrogen) atoms. The van der Waals surface area contributed by atoms with Gasteiger partial charge < -0.3 is 19.8 Å². The van der Waals surface area contributed by atoms with Gasteiger partial charge in [0, 0.05) is 17.4 Å². The van der Waals surface area contributed by atoms with E-state index in [4.69, 9.17) is 14.9 Å². The van der Waals surface area contributed by atoms with Crippen molar-refractivity contribution in [3.63, 3.8) is 0 Å². The number of hydrogen-bond acceptors (Lipinski definition) is 6. The summed E-state index contributed by atoms with van der Waals surface area (Å²) in [6, 6.07) is 11.8. The minimum absolute atomic E-state index is 0.147. The molecule has 7 nitrogen and oxygen atoms in total. The Hall–Kier alpha value is -3.34. The first-order valence-electron chi connectivity index (χ1n) is 10.1. The second-order valence-electron chi connectivity index (χ2n) is 7.81. The number of nitriles is 3. The molecule has 2 N–H and O–H groups in total. The van der Waals surface area contributed by atoms with Crippen molar-refractivity contribution < 1.29 is 14.4 Å². The lowest BCUT2D eigenvalue weighted by atomic mass is 9.54. The van der Waals surface area contributed by atoms with Gasteiger partial charge in [0.05, 0.1) is 57.8 Å². The van der Waals surface area contributed by atoms with Crippen LogP contribution in [0, 0.1) is 56.7 Å². The van der Waals surface area contributed by atoms with Crippen molar-refractivity contribution in [3.05, 3.63) is 35.4 Å². The molecule has 0 amide bonds. The number of quaternary nitrogens is 1. The van der Waals surface area contributed by atoms with Crippen molar-refractivity contribution in [2.45, 2.75) is 19.3 Å². The molecule has 0 bridgehead atoms. The number of benzene rings is 1. The summed E-state index contributed by atoms with van der Waals surface area (Å²) >= 11 is 0. The quantitative estimate of drug-likeness (QED) is 0.726. The predicted octanol–water partition coefficient (Wildman–Crippen LogP) is 1.85. The molecule has 1 aliphatic carbocycles. The first-order valence-corrected chi connectivity index (χ1v) is 10.1. The molecule has 1 heterocycles. The number of nitrogens with one attached hydrogen (secondary N) is 2. The van der Waals surface area contributed by atoms with E-state index >= 15 is 0 Å². The number of hydrogen-bond donors (Lipinski definition) is 2. The number of rotatable bonds is 5. The predicted molar refractivity (Wildman–Crippen MR) is 110 cm³/mol. The molecule has 1 aliphatic heterocycles. The number of fused-ring (bicyclic) bond motifs is 1. The summed E-state index contributed by atoms with van der Waals surface area (Å²) in [5, 5.41) is 38.9. The SMILES string of the molecule is CCC[NH+]1CC=C2C(C#N)C(=N)C(C#N)(C#N)[C@@H](c3cc(OC)ccc3OC)[C@H]2C1. The summed E-state index contributed by atoms with van der Waals surface area (Å²) < 4.78 is 11.0. The van der Waals surface area contributed by atoms with Gasteiger partial charge in [-0.1, -0.05) is 6.92 Å². The summed E-state index contributed by atoms with van der Waals surface area (Å²) in [5.74, 6) is -0.581. The van der Waals surface area contributed by atoms with Crippen LogP contribution in [0.25, 0.3) is 0 Å². The second-order valence-corrected chi connectivity index (χ2v) is 7.81. The minimum atomic E-state index is -1.75. The van der Waals surface area contributed by atoms with Crippen molar-refractivity contribution in [1.29, 1.82) is 21.2 Å². The lowest BCUT2D eigenvalue weighted by molar-refractivity contribution is -0.899. The molecule has 1 aromatic rings. The lowest BCUT2D eigenvalue weighted by Gasteiger charge is -2.46. The number of ether oxygens (including phenoxy) is 2. The number of methoxy groups -OCH3 is 2. The third-order valence-electron chi connectivity index (χ3n) is 6.34. The van der Waals surface area contributed by atoms with Crippen LogP contribution in [0.2, 0.25) is 0 Å². The molecule has 154 valence electrons. The molecular formula is C23H26N5O2+. The monoisotopic (exact) mass is 404 g/mol. The maximum absolute atomic E-state index is 10.2. The molecule has 0 spiro atoms. The Kier molecular flexibility index (Phi) is 6.11. The highest BCUT2D eigenvalue weighted by atomic mass is 16.5. The first kappa shape index (κ1) is 21.4. The van der Waals surface area contributed by atoms with E-state index in [0.29, 0.717) is 23.6 Å². The Morgan fingerprint density at radius 3 is 2.50 bits per heavy atom. The van der Waals surface area contributed by atoms with Crippen LogP contribution in [0.5, 0.6) is 11.5 Å². The summed E-state index contributed by atoms with van der Waals surface area (Å²) in [6.07, 6.45) is 3.05. The smallest absolute Gasteiger partial charge is 0.190 e. The van der Waals surface area contributed by atoms with Crippen LogP contribution in [0.1, 0.15) is 24.8 Å². The Bertz CT molecular complexity index is 980. The van der Waals surface area contributed by atoms with Gasteiger partial charge >= 0.3 is 0 Å². The maximum atomic E-state index is 10.2. The van der Waals surface area contributed by atoms with Crippen molar-refractivity contribution in [2.75, 3.05) is 33.9 Å². The van der Waals surface area contributed by atoms with Gasteiger partial charge in [-0.3, -0.25) is 0 Å². The van der Waals surface area contributed by atoms with Crippen LogP contribution in [0.15, 0.2) is 29.8 Å². The molecule has 1 fully saturated rings. The summed E-state index contributed by atoms with van der Waals surface area (Å²) in [6.45, 7) is 4.56. The molecule has 0 aromatic heterocycles. The highest BCUT2D eigenvalue weighted by molar-refractivity contribution is 6.01. The van der Waals surface area contributed by atoms with Gasteiger partial charge in [-0.05, 0) is 36.3 Å². The summed E-state index contributed by atoms with van der Waals surface area (Å²) in [4.78, 5) is 1.34. The van der Waals surface area contributed by atoms with Crippen molar-refractivity contribution in [3.8, 4) is 29.7 Å². The van der Waals surface area contributed by atoms with E-state index in [1.54, 1.807) is 32.4 Å². The molecular weight excluding hydrogens is 378 g/mol. The Balaban J connectivity index is 2.29. The molecule has 3 rings (SSSR count). The van der Waals surface area contributed by atoms with Crippen molar-refractivity contribution >= 4 is 5.71 Å². The Morgan fingerprint density at radius 1 is 1.20 bits per heavy atom. The van der Waals surface area contributed by atoms with E-state index in [0.717, 1.165) is 25.1 Å². The zero-order valence-corrected chi connectivity index (χ0v) is 17.5. The van der Waals surface area contributed by atoms with Gasteiger partial charge in [-0.15, -0.1) is 0 Å². The fraction of sp³-hybridized carbons (Fsp3) is 0.478. The second kappa shape index (κ2) is 8.57. The van der Waals surface area contributed by atoms with E-state index in [9.17, 15) is 15.8 Å².